The monoisotopic (exact) mass is 436 g/mol. The third-order valence-corrected chi connectivity index (χ3v) is 6.88. The van der Waals surface area contributed by atoms with Crippen molar-refractivity contribution in [1.82, 2.24) is 10.0 Å². The first-order valence-corrected chi connectivity index (χ1v) is 11.2. The number of carbonyl (C=O) groups excluding carboxylic acids is 2. The molecule has 2 aliphatic rings. The molecule has 4 atom stereocenters. The van der Waals surface area contributed by atoms with Gasteiger partial charge in [-0.25, -0.2) is 19.6 Å². The minimum atomic E-state index is -0.560. The van der Waals surface area contributed by atoms with Crippen LogP contribution >= 0.6 is 0 Å². The maximum Gasteiger partial charge on any atom is 0.429 e. The van der Waals surface area contributed by atoms with Gasteiger partial charge in [0.2, 0.25) is 0 Å². The molecule has 2 aliphatic carbocycles. The fourth-order valence-electron chi connectivity index (χ4n) is 5.48. The molecule has 0 heterocycles. The SMILES string of the molecule is COC(=O)N([C@H]1c2cc(C)ccc2C[C@@H]1C)N(C(=O)OC)[C@H]1c2cc(C)ccc2C[C@@H]1C. The Bertz CT molecular complexity index is 967. The van der Waals surface area contributed by atoms with Gasteiger partial charge in [-0.2, -0.15) is 0 Å². The lowest BCUT2D eigenvalue weighted by Crippen LogP contribution is -2.54. The molecule has 4 rings (SSSR count). The zero-order chi connectivity index (χ0) is 23.2. The molecule has 0 radical (unpaired) electrons. The number of nitrogens with zero attached hydrogens (tertiary/aromatic N) is 2. The van der Waals surface area contributed by atoms with Crippen molar-refractivity contribution in [2.75, 3.05) is 14.2 Å². The molecule has 6 heteroatoms. The molecule has 2 aromatic rings. The van der Waals surface area contributed by atoms with Gasteiger partial charge in [0.25, 0.3) is 0 Å². The smallest absolute Gasteiger partial charge is 0.429 e. The Morgan fingerprint density at radius 3 is 1.47 bits per heavy atom. The van der Waals surface area contributed by atoms with Gasteiger partial charge in [-0.15, -0.1) is 0 Å². The molecule has 0 aromatic heterocycles. The summed E-state index contributed by atoms with van der Waals surface area (Å²) in [6.07, 6.45) is 0.544. The number of benzene rings is 2. The van der Waals surface area contributed by atoms with Crippen LogP contribution in [0.3, 0.4) is 0 Å². The van der Waals surface area contributed by atoms with Crippen LogP contribution in [0.25, 0.3) is 0 Å². The first-order valence-electron chi connectivity index (χ1n) is 11.2. The highest BCUT2D eigenvalue weighted by Crippen LogP contribution is 2.47. The van der Waals surface area contributed by atoms with Crippen LogP contribution in [0.5, 0.6) is 0 Å². The predicted octanol–water partition coefficient (Wildman–Crippen LogP) is 5.52. The maximum atomic E-state index is 13.3. The van der Waals surface area contributed by atoms with Crippen molar-refractivity contribution in [2.45, 2.75) is 52.6 Å². The summed E-state index contributed by atoms with van der Waals surface area (Å²) in [4.78, 5) is 26.6. The Labute approximate surface area is 190 Å². The van der Waals surface area contributed by atoms with Crippen molar-refractivity contribution in [3.05, 3.63) is 69.8 Å². The Kier molecular flexibility index (Phi) is 5.89. The first-order chi connectivity index (χ1) is 15.3. The number of fused-ring (bicyclic) bond motifs is 2. The average Bonchev–Trinajstić information content (AvgIpc) is 3.25. The van der Waals surface area contributed by atoms with Crippen LogP contribution in [0.1, 0.15) is 59.3 Å². The Hall–Kier alpha value is -3.02. The van der Waals surface area contributed by atoms with E-state index in [1.54, 1.807) is 0 Å². The van der Waals surface area contributed by atoms with Gasteiger partial charge in [0.15, 0.2) is 0 Å². The second-order valence-electron chi connectivity index (χ2n) is 9.29. The van der Waals surface area contributed by atoms with E-state index >= 15 is 0 Å². The molecule has 0 saturated carbocycles. The van der Waals surface area contributed by atoms with Crippen molar-refractivity contribution in [1.29, 1.82) is 0 Å². The van der Waals surface area contributed by atoms with Crippen LogP contribution in [0, 0.1) is 25.7 Å². The van der Waals surface area contributed by atoms with Crippen molar-refractivity contribution in [2.24, 2.45) is 11.8 Å². The molecule has 6 nitrogen and oxygen atoms in total. The summed E-state index contributed by atoms with van der Waals surface area (Å²) >= 11 is 0. The molecule has 32 heavy (non-hydrogen) atoms. The van der Waals surface area contributed by atoms with E-state index in [0.717, 1.165) is 35.1 Å². The van der Waals surface area contributed by atoms with Gasteiger partial charge < -0.3 is 9.47 Å². The van der Waals surface area contributed by atoms with Gasteiger partial charge in [-0.1, -0.05) is 61.4 Å². The van der Waals surface area contributed by atoms with Gasteiger partial charge >= 0.3 is 12.2 Å². The molecule has 2 aromatic carbocycles. The van der Waals surface area contributed by atoms with E-state index in [9.17, 15) is 9.59 Å². The van der Waals surface area contributed by atoms with Crippen molar-refractivity contribution >= 4 is 12.2 Å². The van der Waals surface area contributed by atoms with Gasteiger partial charge in [-0.3, -0.25) is 0 Å². The summed E-state index contributed by atoms with van der Waals surface area (Å²) in [6.45, 7) is 8.31. The summed E-state index contributed by atoms with van der Waals surface area (Å²) in [5.41, 5.74) is 6.75. The van der Waals surface area contributed by atoms with E-state index < -0.39 is 12.2 Å². The van der Waals surface area contributed by atoms with Crippen LogP contribution in [-0.2, 0) is 22.3 Å². The number of rotatable bonds is 2. The molecule has 0 saturated heterocycles. The summed E-state index contributed by atoms with van der Waals surface area (Å²) in [5.74, 6) is 0.235. The quantitative estimate of drug-likeness (QED) is 0.582. The number of hydrazine groups is 1. The topological polar surface area (TPSA) is 59.1 Å². The molecule has 0 spiro atoms. The highest BCUT2D eigenvalue weighted by Gasteiger charge is 2.48. The third-order valence-electron chi connectivity index (χ3n) is 6.88. The Balaban J connectivity index is 1.88. The number of carbonyl (C=O) groups is 2. The van der Waals surface area contributed by atoms with E-state index in [2.05, 4.69) is 50.2 Å². The lowest BCUT2D eigenvalue weighted by atomic mass is 9.98. The largest absolute Gasteiger partial charge is 0.451 e. The average molecular weight is 437 g/mol. The fraction of sp³-hybridized carbons (Fsp3) is 0.462. The molecule has 0 fully saturated rings. The van der Waals surface area contributed by atoms with E-state index in [1.165, 1.54) is 35.4 Å². The van der Waals surface area contributed by atoms with Crippen LogP contribution in [0.2, 0.25) is 0 Å². The van der Waals surface area contributed by atoms with Gasteiger partial charge in [-0.05, 0) is 60.8 Å². The summed E-state index contributed by atoms with van der Waals surface area (Å²) in [5, 5.41) is 3.03. The molecule has 2 amide bonds. The molecule has 0 unspecified atom stereocenters. The van der Waals surface area contributed by atoms with Gasteiger partial charge in [0.05, 0.1) is 26.3 Å². The van der Waals surface area contributed by atoms with Crippen LogP contribution in [0.15, 0.2) is 36.4 Å². The second kappa shape index (κ2) is 8.49. The zero-order valence-electron chi connectivity index (χ0n) is 19.7. The number of aryl methyl sites for hydroxylation is 2. The predicted molar refractivity (Wildman–Crippen MR) is 122 cm³/mol. The number of amides is 2. The number of hydrogen-bond acceptors (Lipinski definition) is 4. The van der Waals surface area contributed by atoms with Crippen LogP contribution < -0.4 is 0 Å². The first kappa shape index (κ1) is 22.2. The van der Waals surface area contributed by atoms with Crippen LogP contribution in [0.4, 0.5) is 9.59 Å². The fourth-order valence-corrected chi connectivity index (χ4v) is 5.48. The Morgan fingerprint density at radius 1 is 0.750 bits per heavy atom. The third kappa shape index (κ3) is 3.61. The molecule has 170 valence electrons. The zero-order valence-corrected chi connectivity index (χ0v) is 19.7. The highest BCUT2D eigenvalue weighted by molar-refractivity contribution is 5.75. The number of methoxy groups -OCH3 is 2. The van der Waals surface area contributed by atoms with Gasteiger partial charge in [0, 0.05) is 0 Å². The second-order valence-corrected chi connectivity index (χ2v) is 9.29. The highest BCUT2D eigenvalue weighted by atomic mass is 16.6. The minimum absolute atomic E-state index is 0.117. The molecule has 0 aliphatic heterocycles. The maximum absolute atomic E-state index is 13.3. The van der Waals surface area contributed by atoms with E-state index in [-0.39, 0.29) is 23.9 Å². The number of ether oxygens (including phenoxy) is 2. The lowest BCUT2D eigenvalue weighted by molar-refractivity contribution is -0.0780. The Morgan fingerprint density at radius 2 is 1.12 bits per heavy atom. The van der Waals surface area contributed by atoms with E-state index in [0.29, 0.717) is 0 Å². The standard InChI is InChI=1S/C26H32N2O4/c1-15-7-9-19-13-17(3)23(21(19)11-15)27(25(29)31-5)28(26(30)32-6)24-18(4)14-20-10-8-16(2)12-22(20)24/h7-12,17-18,23-24H,13-14H2,1-6H3/t17-,18-,23+,24+/m0/s1. The minimum Gasteiger partial charge on any atom is -0.451 e. The molecule has 0 N–H and O–H groups in total. The molecule has 0 bridgehead atoms. The summed E-state index contributed by atoms with van der Waals surface area (Å²) < 4.78 is 10.5. The summed E-state index contributed by atoms with van der Waals surface area (Å²) in [7, 11) is 2.72. The summed E-state index contributed by atoms with van der Waals surface area (Å²) in [6, 6.07) is 12.0. The lowest BCUT2D eigenvalue weighted by Gasteiger charge is -2.43. The number of hydrogen-bond donors (Lipinski definition) is 0. The van der Waals surface area contributed by atoms with Crippen LogP contribution in [-0.4, -0.2) is 36.4 Å². The van der Waals surface area contributed by atoms with Crippen molar-refractivity contribution in [3.8, 4) is 0 Å². The normalized spacial score (nSPS) is 23.3. The van der Waals surface area contributed by atoms with E-state index in [4.69, 9.17) is 9.47 Å². The molecular weight excluding hydrogens is 404 g/mol. The van der Waals surface area contributed by atoms with Crippen molar-refractivity contribution < 1.29 is 19.1 Å². The van der Waals surface area contributed by atoms with Gasteiger partial charge in [0.1, 0.15) is 0 Å². The van der Waals surface area contributed by atoms with E-state index in [1.807, 2.05) is 13.8 Å². The molecular formula is C26H32N2O4. The van der Waals surface area contributed by atoms with Crippen molar-refractivity contribution in [3.63, 3.8) is 0 Å².